The van der Waals surface area contributed by atoms with Gasteiger partial charge in [0.1, 0.15) is 0 Å². The number of nitrogens with one attached hydrogen (secondary N) is 1. The molecule has 7 nitrogen and oxygen atoms in total. The summed E-state index contributed by atoms with van der Waals surface area (Å²) in [7, 11) is 0. The van der Waals surface area contributed by atoms with Gasteiger partial charge in [0, 0.05) is 36.4 Å². The van der Waals surface area contributed by atoms with E-state index < -0.39 is 5.97 Å². The molecule has 2 atom stereocenters. The first kappa shape index (κ1) is 22.0. The summed E-state index contributed by atoms with van der Waals surface area (Å²) in [6.45, 7) is 4.75. The van der Waals surface area contributed by atoms with Crippen LogP contribution in [-0.4, -0.2) is 48.9 Å². The van der Waals surface area contributed by atoms with Crippen molar-refractivity contribution in [2.75, 3.05) is 13.2 Å². The number of hydrogen-bond donors (Lipinski definition) is 3. The minimum Gasteiger partial charge on any atom is -0.478 e. The lowest BCUT2D eigenvalue weighted by molar-refractivity contribution is 0.0697. The minimum atomic E-state index is -0.953. The molecule has 4 rings (SSSR count). The molecule has 8 heteroatoms. The third kappa shape index (κ3) is 3.99. The first-order valence-corrected chi connectivity index (χ1v) is 10.9. The SMILES string of the molecule is Cc1cc([C@@H]2[C@@H](c3ccccn3)NC(=S)N2CCCO)c(C)n1-c1cccc(C(=O)O)c1. The van der Waals surface area contributed by atoms with Gasteiger partial charge in [-0.3, -0.25) is 4.98 Å². The van der Waals surface area contributed by atoms with E-state index in [-0.39, 0.29) is 24.3 Å². The number of pyridine rings is 1. The molecule has 3 N–H and O–H groups in total. The topological polar surface area (TPSA) is 90.6 Å². The molecule has 0 radical (unpaired) electrons. The van der Waals surface area contributed by atoms with E-state index in [4.69, 9.17) is 12.2 Å². The lowest BCUT2D eigenvalue weighted by Crippen LogP contribution is -2.31. The molecule has 0 aliphatic carbocycles. The molecule has 0 saturated carbocycles. The highest BCUT2D eigenvalue weighted by molar-refractivity contribution is 7.80. The Hall–Kier alpha value is -3.23. The van der Waals surface area contributed by atoms with E-state index in [1.165, 1.54) is 0 Å². The number of carbonyl (C=O) groups is 1. The molecule has 166 valence electrons. The first-order valence-electron chi connectivity index (χ1n) is 10.5. The van der Waals surface area contributed by atoms with Crippen molar-refractivity contribution in [2.24, 2.45) is 0 Å². The number of aliphatic hydroxyl groups is 1. The quantitative estimate of drug-likeness (QED) is 0.474. The monoisotopic (exact) mass is 450 g/mol. The largest absolute Gasteiger partial charge is 0.478 e. The number of aliphatic hydroxyl groups excluding tert-OH is 1. The predicted molar refractivity (Wildman–Crippen MR) is 126 cm³/mol. The average Bonchev–Trinajstić information content (AvgIpc) is 3.27. The summed E-state index contributed by atoms with van der Waals surface area (Å²) in [4.78, 5) is 18.2. The van der Waals surface area contributed by atoms with Crippen LogP contribution >= 0.6 is 12.2 Å². The molecule has 32 heavy (non-hydrogen) atoms. The number of carboxylic acid groups (broad SMARTS) is 1. The number of benzene rings is 1. The first-order chi connectivity index (χ1) is 15.4. The number of nitrogens with zero attached hydrogens (tertiary/aromatic N) is 3. The van der Waals surface area contributed by atoms with Gasteiger partial charge < -0.3 is 25.0 Å². The predicted octanol–water partition coefficient (Wildman–Crippen LogP) is 3.54. The molecule has 1 aliphatic rings. The number of aromatic nitrogens is 2. The second kappa shape index (κ2) is 9.10. The second-order valence-corrected chi connectivity index (χ2v) is 8.30. The van der Waals surface area contributed by atoms with E-state index in [2.05, 4.69) is 25.8 Å². The zero-order chi connectivity index (χ0) is 22.8. The molecule has 1 aliphatic heterocycles. The van der Waals surface area contributed by atoms with Crippen LogP contribution in [0.15, 0.2) is 54.7 Å². The van der Waals surface area contributed by atoms with Crippen LogP contribution < -0.4 is 5.32 Å². The number of carboxylic acids is 1. The van der Waals surface area contributed by atoms with E-state index in [9.17, 15) is 15.0 Å². The minimum absolute atomic E-state index is 0.0844. The normalized spacial score (nSPS) is 18.1. The van der Waals surface area contributed by atoms with E-state index in [1.807, 2.05) is 38.1 Å². The van der Waals surface area contributed by atoms with Gasteiger partial charge in [-0.05, 0) is 74.4 Å². The van der Waals surface area contributed by atoms with Gasteiger partial charge in [-0.25, -0.2) is 4.79 Å². The molecule has 2 aromatic heterocycles. The summed E-state index contributed by atoms with van der Waals surface area (Å²) in [5, 5.41) is 22.9. The summed E-state index contributed by atoms with van der Waals surface area (Å²) in [5.74, 6) is -0.953. The molecular formula is C24H26N4O3S. The van der Waals surface area contributed by atoms with Gasteiger partial charge in [0.05, 0.1) is 23.3 Å². The number of rotatable bonds is 7. The van der Waals surface area contributed by atoms with Gasteiger partial charge in [0.25, 0.3) is 0 Å². The van der Waals surface area contributed by atoms with E-state index in [0.29, 0.717) is 18.1 Å². The van der Waals surface area contributed by atoms with Crippen LogP contribution in [0.5, 0.6) is 0 Å². The van der Waals surface area contributed by atoms with Gasteiger partial charge >= 0.3 is 5.97 Å². The van der Waals surface area contributed by atoms with Crippen LogP contribution in [0.2, 0.25) is 0 Å². The molecule has 3 aromatic rings. The molecule has 1 aromatic carbocycles. The average molecular weight is 451 g/mol. The smallest absolute Gasteiger partial charge is 0.335 e. The lowest BCUT2D eigenvalue weighted by Gasteiger charge is -2.28. The van der Waals surface area contributed by atoms with E-state index >= 15 is 0 Å². The lowest BCUT2D eigenvalue weighted by atomic mass is 9.96. The Morgan fingerprint density at radius 3 is 2.69 bits per heavy atom. The summed E-state index contributed by atoms with van der Waals surface area (Å²) in [6, 6.07) is 14.7. The van der Waals surface area contributed by atoms with Crippen molar-refractivity contribution in [1.82, 2.24) is 19.8 Å². The molecule has 0 amide bonds. The van der Waals surface area contributed by atoms with Gasteiger partial charge in [0.2, 0.25) is 0 Å². The Morgan fingerprint density at radius 1 is 1.19 bits per heavy atom. The molecule has 3 heterocycles. The van der Waals surface area contributed by atoms with E-state index in [1.54, 1.807) is 24.4 Å². The molecular weight excluding hydrogens is 424 g/mol. The summed E-state index contributed by atoms with van der Waals surface area (Å²) in [6.07, 6.45) is 2.38. The maximum atomic E-state index is 11.5. The van der Waals surface area contributed by atoms with Crippen molar-refractivity contribution in [3.05, 3.63) is 82.9 Å². The third-order valence-electron chi connectivity index (χ3n) is 5.90. The summed E-state index contributed by atoms with van der Waals surface area (Å²) >= 11 is 5.66. The molecule has 0 bridgehead atoms. The summed E-state index contributed by atoms with van der Waals surface area (Å²) in [5.41, 5.74) is 5.04. The van der Waals surface area contributed by atoms with Crippen molar-refractivity contribution in [2.45, 2.75) is 32.4 Å². The highest BCUT2D eigenvalue weighted by Crippen LogP contribution is 2.41. The fourth-order valence-corrected chi connectivity index (χ4v) is 4.82. The third-order valence-corrected chi connectivity index (χ3v) is 6.25. The molecule has 1 saturated heterocycles. The van der Waals surface area contributed by atoms with E-state index in [0.717, 1.165) is 28.3 Å². The standard InChI is InChI=1S/C24H26N4O3S/c1-15-13-19(16(2)28(15)18-8-5-7-17(14-18)23(30)31)22-21(20-9-3-4-10-25-20)26-24(32)27(22)11-6-12-29/h3-5,7-10,13-14,21-22,29H,6,11-12H2,1-2H3,(H,26,32)(H,30,31)/t21-,22-/m1/s1. The van der Waals surface area contributed by atoms with Crippen LogP contribution in [0.3, 0.4) is 0 Å². The maximum absolute atomic E-state index is 11.5. The summed E-state index contributed by atoms with van der Waals surface area (Å²) < 4.78 is 2.07. The van der Waals surface area contributed by atoms with Crippen molar-refractivity contribution in [3.8, 4) is 5.69 Å². The van der Waals surface area contributed by atoms with Gasteiger partial charge in [-0.1, -0.05) is 12.1 Å². The van der Waals surface area contributed by atoms with Gasteiger partial charge in [-0.2, -0.15) is 0 Å². The number of aromatic carboxylic acids is 1. The Bertz CT molecular complexity index is 1150. The second-order valence-electron chi connectivity index (χ2n) is 7.91. The van der Waals surface area contributed by atoms with Crippen LogP contribution in [0.1, 0.15) is 51.5 Å². The highest BCUT2D eigenvalue weighted by Gasteiger charge is 2.41. The molecule has 0 spiro atoms. The number of hydrogen-bond acceptors (Lipinski definition) is 4. The number of thiocarbonyl (C=S) groups is 1. The van der Waals surface area contributed by atoms with Crippen LogP contribution in [0.25, 0.3) is 5.69 Å². The molecule has 0 unspecified atom stereocenters. The van der Waals surface area contributed by atoms with Crippen molar-refractivity contribution >= 4 is 23.3 Å². The zero-order valence-corrected chi connectivity index (χ0v) is 18.8. The van der Waals surface area contributed by atoms with Crippen LogP contribution in [0.4, 0.5) is 0 Å². The van der Waals surface area contributed by atoms with Crippen LogP contribution in [0, 0.1) is 13.8 Å². The maximum Gasteiger partial charge on any atom is 0.335 e. The Balaban J connectivity index is 1.82. The van der Waals surface area contributed by atoms with Crippen LogP contribution in [-0.2, 0) is 0 Å². The Kier molecular flexibility index (Phi) is 6.25. The van der Waals surface area contributed by atoms with Crippen molar-refractivity contribution in [1.29, 1.82) is 0 Å². The fraction of sp³-hybridized carbons (Fsp3) is 0.292. The fourth-order valence-electron chi connectivity index (χ4n) is 4.49. The Morgan fingerprint density at radius 2 is 2.00 bits per heavy atom. The van der Waals surface area contributed by atoms with Gasteiger partial charge in [-0.15, -0.1) is 0 Å². The number of aryl methyl sites for hydroxylation is 1. The highest BCUT2D eigenvalue weighted by atomic mass is 32.1. The van der Waals surface area contributed by atoms with Gasteiger partial charge in [0.15, 0.2) is 5.11 Å². The van der Waals surface area contributed by atoms with Crippen molar-refractivity contribution in [3.63, 3.8) is 0 Å². The van der Waals surface area contributed by atoms with Crippen molar-refractivity contribution < 1.29 is 15.0 Å². The Labute approximate surface area is 192 Å². The molecule has 1 fully saturated rings. The zero-order valence-electron chi connectivity index (χ0n) is 18.0.